The summed E-state index contributed by atoms with van der Waals surface area (Å²) < 4.78 is 76.4. The highest BCUT2D eigenvalue weighted by molar-refractivity contribution is 8.44. The monoisotopic (exact) mass is 692 g/mol. The second-order valence-electron chi connectivity index (χ2n) is 10.4. The lowest BCUT2D eigenvalue weighted by Gasteiger charge is -2.29. The third-order valence-corrected chi connectivity index (χ3v) is 10.9. The molecule has 1 saturated carbocycles. The van der Waals surface area contributed by atoms with Crippen LogP contribution < -0.4 is 11.5 Å². The van der Waals surface area contributed by atoms with Gasteiger partial charge in [-0.25, -0.2) is 43.2 Å². The number of nitrogens with zero attached hydrogens (tertiary/aromatic N) is 8. The van der Waals surface area contributed by atoms with Crippen molar-refractivity contribution in [1.82, 2.24) is 39.0 Å². The molecule has 0 amide bonds. The molecule has 2 saturated heterocycles. The molecule has 5 N–H and O–H groups in total. The van der Waals surface area contributed by atoms with E-state index < -0.39 is 75.6 Å². The minimum atomic E-state index is -4.30. The largest absolute Gasteiger partial charge is 0.386 e. The summed E-state index contributed by atoms with van der Waals surface area (Å²) in [5.74, 6) is -0.655. The van der Waals surface area contributed by atoms with Gasteiger partial charge in [0.05, 0.1) is 31.9 Å². The van der Waals surface area contributed by atoms with Crippen LogP contribution in [0, 0.1) is 5.92 Å². The predicted octanol–water partition coefficient (Wildman–Crippen LogP) is 2.04. The molecule has 4 aromatic rings. The first-order valence-corrected chi connectivity index (χ1v) is 18.3. The lowest BCUT2D eigenvalue weighted by molar-refractivity contribution is -0.0461. The third kappa shape index (κ3) is 5.28. The number of imidazole rings is 2. The maximum Gasteiger partial charge on any atom is 0.386 e. The van der Waals surface area contributed by atoms with Gasteiger partial charge >= 0.3 is 13.5 Å². The third-order valence-electron chi connectivity index (χ3n) is 7.73. The fraction of sp³-hybridized carbons (Fsp3) is 0.524. The standard InChI is InChI=1S/C21H24F2N10O7P2S2/c22-11-9(32-6-30-13-17(24)26-4-28-19(13)32)1-8-2-36-41(34,43)40-16-10(3-37-42(35,44)39-15(8)11)38-21(12(16)23)33-7-31-14-18(25)27-5-29-20(14)33/h4-12,15-16,21H,1-3H2,(H,34,43)(H,35,44)(H2,24,26,28)(H2,25,27,29)/t8-,9-,10-,11?,12+,15+,16?,21-,41?,42?/m1/s1. The number of fused-ring (bicyclic) bond motifs is 4. The smallest absolute Gasteiger partial charge is 0.382 e. The molecule has 3 fully saturated rings. The molecular weight excluding hydrogens is 668 g/mol. The molecule has 0 radical (unpaired) electrons. The molecule has 17 nitrogen and oxygen atoms in total. The molecule has 7 rings (SSSR count). The molecule has 0 aromatic carbocycles. The van der Waals surface area contributed by atoms with Crippen molar-refractivity contribution in [3.05, 3.63) is 25.3 Å². The van der Waals surface area contributed by atoms with Crippen molar-refractivity contribution in [2.45, 2.75) is 49.3 Å². The first-order chi connectivity index (χ1) is 20.9. The van der Waals surface area contributed by atoms with Crippen molar-refractivity contribution in [1.29, 1.82) is 0 Å². The number of thiol groups is 1. The molecule has 10 atom stereocenters. The molecule has 23 heteroatoms. The highest BCUT2D eigenvalue weighted by Gasteiger charge is 2.53. The van der Waals surface area contributed by atoms with E-state index in [1.807, 2.05) is 0 Å². The van der Waals surface area contributed by atoms with E-state index in [4.69, 9.17) is 46.1 Å². The molecule has 1 aliphatic carbocycles. The lowest BCUT2D eigenvalue weighted by Crippen LogP contribution is -2.35. The van der Waals surface area contributed by atoms with E-state index in [1.165, 1.54) is 34.4 Å². The number of anilines is 2. The summed E-state index contributed by atoms with van der Waals surface area (Å²) in [6, 6.07) is -0.926. The second kappa shape index (κ2) is 11.1. The number of ether oxygens (including phenoxy) is 1. The number of hydrogen-bond acceptors (Lipinski definition) is 15. The van der Waals surface area contributed by atoms with Gasteiger partial charge in [0, 0.05) is 5.92 Å². The van der Waals surface area contributed by atoms with Crippen molar-refractivity contribution in [3.63, 3.8) is 0 Å². The highest BCUT2D eigenvalue weighted by atomic mass is 32.7. The number of rotatable bonds is 2. The van der Waals surface area contributed by atoms with Gasteiger partial charge in [-0.15, -0.1) is 0 Å². The van der Waals surface area contributed by atoms with Crippen molar-refractivity contribution in [3.8, 4) is 0 Å². The summed E-state index contributed by atoms with van der Waals surface area (Å²) in [5.41, 5.74) is 12.6. The molecule has 4 aromatic heterocycles. The predicted molar refractivity (Wildman–Crippen MR) is 155 cm³/mol. The molecular formula is C21H24F2N10O7P2S2. The second-order valence-corrected chi connectivity index (χ2v) is 16.0. The summed E-state index contributed by atoms with van der Waals surface area (Å²) in [7, 11) is 0. The van der Waals surface area contributed by atoms with Crippen LogP contribution in [0.4, 0.5) is 20.4 Å². The maximum atomic E-state index is 16.1. The minimum absolute atomic E-state index is 0.0476. The molecule has 44 heavy (non-hydrogen) atoms. The van der Waals surface area contributed by atoms with Crippen LogP contribution in [0.15, 0.2) is 25.3 Å². The number of hydrogen-bond donors (Lipinski definition) is 4. The number of nitrogen functional groups attached to an aromatic ring is 2. The summed E-state index contributed by atoms with van der Waals surface area (Å²) in [4.78, 5) is 35.3. The Bertz CT molecular complexity index is 1710. The van der Waals surface area contributed by atoms with E-state index in [0.29, 0.717) is 0 Å². The van der Waals surface area contributed by atoms with E-state index in [2.05, 4.69) is 42.2 Å². The summed E-state index contributed by atoms with van der Waals surface area (Å²) in [5, 5.41) is 0. The van der Waals surface area contributed by atoms with Crippen LogP contribution in [0.5, 0.6) is 0 Å². The Balaban J connectivity index is 1.17. The van der Waals surface area contributed by atoms with E-state index in [-0.39, 0.29) is 40.4 Å². The average molecular weight is 693 g/mol. The van der Waals surface area contributed by atoms with Gasteiger partial charge in [-0.2, -0.15) is 0 Å². The maximum absolute atomic E-state index is 16.1. The molecule has 236 valence electrons. The lowest BCUT2D eigenvalue weighted by atomic mass is 10.1. The van der Waals surface area contributed by atoms with E-state index in [9.17, 15) is 9.46 Å². The Morgan fingerprint density at radius 2 is 1.55 bits per heavy atom. The van der Waals surface area contributed by atoms with Gasteiger partial charge in [-0.05, 0) is 18.2 Å². The normalized spacial score (nSPS) is 38.3. The molecule has 2 aliphatic heterocycles. The Morgan fingerprint density at radius 1 is 0.909 bits per heavy atom. The van der Waals surface area contributed by atoms with E-state index in [1.54, 1.807) is 0 Å². The van der Waals surface area contributed by atoms with Crippen LogP contribution in [-0.2, 0) is 39.2 Å². The van der Waals surface area contributed by atoms with E-state index in [0.717, 1.165) is 0 Å². The van der Waals surface area contributed by atoms with Gasteiger partial charge in [0.25, 0.3) is 0 Å². The molecule has 0 bridgehead atoms. The van der Waals surface area contributed by atoms with Gasteiger partial charge in [-0.3, -0.25) is 18.1 Å². The number of alkyl halides is 2. The quantitative estimate of drug-likeness (QED) is 0.174. The zero-order valence-corrected chi connectivity index (χ0v) is 25.7. The molecule has 4 unspecified atom stereocenters. The molecule has 0 spiro atoms. The zero-order chi connectivity index (χ0) is 31.0. The van der Waals surface area contributed by atoms with Crippen molar-refractivity contribution >= 4 is 71.5 Å². The van der Waals surface area contributed by atoms with Gasteiger partial charge in [0.2, 0.25) is 0 Å². The topological polar surface area (TPSA) is 223 Å². The van der Waals surface area contributed by atoms with Crippen LogP contribution >= 0.6 is 25.8 Å². The fourth-order valence-electron chi connectivity index (χ4n) is 5.70. The van der Waals surface area contributed by atoms with Crippen LogP contribution in [0.25, 0.3) is 22.3 Å². The van der Waals surface area contributed by atoms with Gasteiger partial charge in [0.1, 0.15) is 48.2 Å². The van der Waals surface area contributed by atoms with Gasteiger partial charge in [-0.1, -0.05) is 12.2 Å². The fourth-order valence-corrected chi connectivity index (χ4v) is 8.70. The Hall–Kier alpha value is -2.45. The van der Waals surface area contributed by atoms with Crippen molar-refractivity contribution < 1.29 is 41.1 Å². The SMILES string of the molecule is Nc1ncnc2c1ncn2[C@@H]1C[C@@H]2COP(O)(=S)OC3[C@@H](COP(=O)(S)O[C@@H]2C1F)O[C@@H](n1cnc2c(N)ncnc21)[C@H]3F. The minimum Gasteiger partial charge on any atom is -0.382 e. The van der Waals surface area contributed by atoms with Crippen LogP contribution in [0.1, 0.15) is 18.7 Å². The first kappa shape index (κ1) is 30.2. The highest BCUT2D eigenvalue weighted by Crippen LogP contribution is 2.59. The van der Waals surface area contributed by atoms with Crippen LogP contribution in [-0.4, -0.2) is 87.8 Å². The van der Waals surface area contributed by atoms with Gasteiger partial charge in [0.15, 0.2) is 35.3 Å². The first-order valence-electron chi connectivity index (χ1n) is 13.0. The zero-order valence-electron chi connectivity index (χ0n) is 22.2. The van der Waals surface area contributed by atoms with Gasteiger partial charge < -0.3 is 30.2 Å². The Morgan fingerprint density at radius 3 is 2.23 bits per heavy atom. The van der Waals surface area contributed by atoms with Crippen molar-refractivity contribution in [2.24, 2.45) is 5.92 Å². The Labute approximate surface area is 256 Å². The molecule has 3 aliphatic rings. The summed E-state index contributed by atoms with van der Waals surface area (Å²) >= 11 is 9.26. The number of aromatic nitrogens is 8. The van der Waals surface area contributed by atoms with Crippen LogP contribution in [0.2, 0.25) is 0 Å². The average Bonchev–Trinajstić information content (AvgIpc) is 3.73. The van der Waals surface area contributed by atoms with Crippen LogP contribution in [0.3, 0.4) is 0 Å². The summed E-state index contributed by atoms with van der Waals surface area (Å²) in [6.07, 6.45) is -4.35. The number of nitrogens with two attached hydrogens (primary N) is 2. The Kier molecular flexibility index (Phi) is 7.63. The summed E-state index contributed by atoms with van der Waals surface area (Å²) in [6.45, 7) is -9.45. The molecule has 6 heterocycles. The van der Waals surface area contributed by atoms with E-state index >= 15 is 8.78 Å². The number of halogens is 2. The van der Waals surface area contributed by atoms with Crippen molar-refractivity contribution in [2.75, 3.05) is 24.7 Å².